The van der Waals surface area contributed by atoms with E-state index in [2.05, 4.69) is 9.62 Å². The lowest BCUT2D eigenvalue weighted by Crippen LogP contribution is -2.38. The maximum Gasteiger partial charge on any atom is 0.416 e. The van der Waals surface area contributed by atoms with Gasteiger partial charge in [-0.05, 0) is 67.5 Å². The van der Waals surface area contributed by atoms with Crippen molar-refractivity contribution in [2.45, 2.75) is 68.1 Å². The van der Waals surface area contributed by atoms with Crippen LogP contribution < -0.4 is 4.72 Å². The van der Waals surface area contributed by atoms with Crippen molar-refractivity contribution >= 4 is 10.0 Å². The number of nitrogens with one attached hydrogen (secondary N) is 1. The summed E-state index contributed by atoms with van der Waals surface area (Å²) in [4.78, 5) is 2.25. The fourth-order valence-corrected chi connectivity index (χ4v) is 8.02. The van der Waals surface area contributed by atoms with Gasteiger partial charge < -0.3 is 0 Å². The van der Waals surface area contributed by atoms with Gasteiger partial charge in [-0.15, -0.1) is 0 Å². The molecule has 1 N–H and O–H groups in total. The maximum atomic E-state index is 14.9. The number of likely N-dealkylation sites (tertiary alicyclic amines) is 1. The van der Waals surface area contributed by atoms with Crippen LogP contribution in [0.15, 0.2) is 36.4 Å². The Morgan fingerprint density at radius 3 is 2.50 bits per heavy atom. The minimum atomic E-state index is -4.41. The summed E-state index contributed by atoms with van der Waals surface area (Å²) >= 11 is 0. The van der Waals surface area contributed by atoms with Gasteiger partial charge in [0.1, 0.15) is 5.82 Å². The Morgan fingerprint density at radius 1 is 1.15 bits per heavy atom. The van der Waals surface area contributed by atoms with Crippen molar-refractivity contribution < 1.29 is 26.0 Å². The first kappa shape index (κ1) is 22.5. The van der Waals surface area contributed by atoms with Gasteiger partial charge in [-0.3, -0.25) is 4.90 Å². The number of nitrogens with zero attached hydrogens (tertiary/aromatic N) is 1. The van der Waals surface area contributed by atoms with Crippen molar-refractivity contribution in [3.8, 4) is 0 Å². The molecule has 1 saturated heterocycles. The SMILES string of the molecule is CN1C2C1C21Cc2cc(F)c(CNS(=O)(=O)C3CCC3)cc2C1Cc1cccc(C(F)(F)F)c1. The second kappa shape index (κ2) is 7.27. The molecule has 4 aliphatic rings. The Bertz CT molecular complexity index is 1260. The summed E-state index contributed by atoms with van der Waals surface area (Å²) in [6, 6.07) is 9.44. The number of halogens is 4. The molecule has 3 atom stereocenters. The third-order valence-corrected chi connectivity index (χ3v) is 10.5. The van der Waals surface area contributed by atoms with E-state index < -0.39 is 32.8 Å². The predicted molar refractivity (Wildman–Crippen MR) is 119 cm³/mol. The molecule has 6 rings (SSSR count). The van der Waals surface area contributed by atoms with Crippen molar-refractivity contribution in [3.05, 3.63) is 70.0 Å². The summed E-state index contributed by atoms with van der Waals surface area (Å²) in [7, 11) is -1.45. The highest BCUT2D eigenvalue weighted by atomic mass is 32.2. The molecule has 0 amide bonds. The highest BCUT2D eigenvalue weighted by Crippen LogP contribution is 2.76. The summed E-state index contributed by atoms with van der Waals surface area (Å²) in [6.07, 6.45) is -1.13. The number of fused-ring (bicyclic) bond motifs is 4. The summed E-state index contributed by atoms with van der Waals surface area (Å²) in [6.45, 7) is -0.117. The Hall–Kier alpha value is -1.97. The summed E-state index contributed by atoms with van der Waals surface area (Å²) < 4.78 is 82.1. The van der Waals surface area contributed by atoms with E-state index in [4.69, 9.17) is 0 Å². The number of benzene rings is 2. The van der Waals surface area contributed by atoms with Gasteiger partial charge in [0.05, 0.1) is 10.8 Å². The van der Waals surface area contributed by atoms with Crippen LogP contribution in [0.3, 0.4) is 0 Å². The lowest BCUT2D eigenvalue weighted by atomic mass is 9.80. The molecule has 0 bridgehead atoms. The van der Waals surface area contributed by atoms with E-state index in [1.807, 2.05) is 7.05 Å². The highest BCUT2D eigenvalue weighted by Gasteiger charge is 2.84. The first-order valence-electron chi connectivity index (χ1n) is 11.7. The number of hydrogen-bond acceptors (Lipinski definition) is 3. The molecule has 4 nitrogen and oxygen atoms in total. The molecule has 2 aromatic carbocycles. The van der Waals surface area contributed by atoms with E-state index >= 15 is 0 Å². The first-order chi connectivity index (χ1) is 16.0. The summed E-state index contributed by atoms with van der Waals surface area (Å²) in [5, 5.41) is -0.406. The molecule has 3 unspecified atom stereocenters. The smallest absolute Gasteiger partial charge is 0.296 e. The zero-order chi connectivity index (χ0) is 24.0. The zero-order valence-electron chi connectivity index (χ0n) is 18.7. The van der Waals surface area contributed by atoms with Gasteiger partial charge in [0, 0.05) is 29.6 Å². The molecule has 9 heteroatoms. The molecule has 2 saturated carbocycles. The minimum absolute atomic E-state index is 0.0280. The van der Waals surface area contributed by atoms with Crippen LogP contribution in [0.1, 0.15) is 53.0 Å². The number of alkyl halides is 3. The van der Waals surface area contributed by atoms with E-state index in [-0.39, 0.29) is 23.4 Å². The molecule has 34 heavy (non-hydrogen) atoms. The Balaban J connectivity index is 1.30. The molecule has 1 heterocycles. The lowest BCUT2D eigenvalue weighted by Gasteiger charge is -2.29. The summed E-state index contributed by atoms with van der Waals surface area (Å²) in [5.41, 5.74) is 1.99. The van der Waals surface area contributed by atoms with E-state index in [1.165, 1.54) is 18.2 Å². The normalized spacial score (nSPS) is 31.8. The quantitative estimate of drug-likeness (QED) is 0.479. The third kappa shape index (κ3) is 3.34. The molecule has 0 radical (unpaired) electrons. The number of rotatable bonds is 6. The van der Waals surface area contributed by atoms with Crippen molar-refractivity contribution in [2.75, 3.05) is 7.05 Å². The molecule has 3 fully saturated rings. The van der Waals surface area contributed by atoms with Crippen molar-refractivity contribution in [1.29, 1.82) is 0 Å². The molecule has 1 spiro atoms. The molecule has 0 aromatic heterocycles. The van der Waals surface area contributed by atoms with Gasteiger partial charge in [-0.2, -0.15) is 13.2 Å². The van der Waals surface area contributed by atoms with E-state index in [0.717, 1.165) is 23.6 Å². The fourth-order valence-electron chi connectivity index (χ4n) is 6.48. The highest BCUT2D eigenvalue weighted by molar-refractivity contribution is 7.90. The van der Waals surface area contributed by atoms with Crippen molar-refractivity contribution in [3.63, 3.8) is 0 Å². The average molecular weight is 495 g/mol. The Kier molecular flexibility index (Phi) is 4.81. The second-order valence-electron chi connectivity index (χ2n) is 10.4. The maximum absolute atomic E-state index is 14.9. The first-order valence-corrected chi connectivity index (χ1v) is 13.2. The van der Waals surface area contributed by atoms with Gasteiger partial charge >= 0.3 is 6.18 Å². The van der Waals surface area contributed by atoms with Crippen LogP contribution in [-0.2, 0) is 35.6 Å². The second-order valence-corrected chi connectivity index (χ2v) is 12.4. The topological polar surface area (TPSA) is 49.2 Å². The Labute approximate surface area is 196 Å². The van der Waals surface area contributed by atoms with Crippen LogP contribution in [0.4, 0.5) is 17.6 Å². The number of likely N-dealkylation sites (N-methyl/N-ethyl adjacent to an activating group) is 1. The largest absolute Gasteiger partial charge is 0.416 e. The fraction of sp³-hybridized carbons (Fsp3) is 0.520. The van der Waals surface area contributed by atoms with Crippen LogP contribution in [0, 0.1) is 11.2 Å². The Morgan fingerprint density at radius 2 is 1.88 bits per heavy atom. The molecule has 2 aromatic rings. The predicted octanol–water partition coefficient (Wildman–Crippen LogP) is 4.38. The summed E-state index contributed by atoms with van der Waals surface area (Å²) in [5.74, 6) is -0.465. The van der Waals surface area contributed by atoms with Gasteiger partial charge in [0.15, 0.2) is 0 Å². The molecular weight excluding hydrogens is 468 g/mol. The van der Waals surface area contributed by atoms with Crippen LogP contribution in [0.2, 0.25) is 0 Å². The van der Waals surface area contributed by atoms with Gasteiger partial charge in [0.2, 0.25) is 10.0 Å². The molecule has 1 aliphatic heterocycles. The van der Waals surface area contributed by atoms with E-state index in [0.29, 0.717) is 43.3 Å². The van der Waals surface area contributed by atoms with Crippen LogP contribution in [0.25, 0.3) is 0 Å². The van der Waals surface area contributed by atoms with E-state index in [9.17, 15) is 26.0 Å². The van der Waals surface area contributed by atoms with Gasteiger partial charge in [-0.1, -0.05) is 30.7 Å². The average Bonchev–Trinajstić information content (AvgIpc) is 3.56. The van der Waals surface area contributed by atoms with Gasteiger partial charge in [0.25, 0.3) is 0 Å². The van der Waals surface area contributed by atoms with E-state index in [1.54, 1.807) is 12.1 Å². The minimum Gasteiger partial charge on any atom is -0.296 e. The molecule has 182 valence electrons. The molecule has 3 aliphatic carbocycles. The van der Waals surface area contributed by atoms with Crippen LogP contribution >= 0.6 is 0 Å². The third-order valence-electron chi connectivity index (χ3n) is 8.56. The number of hydrogen-bond donors (Lipinski definition) is 1. The lowest BCUT2D eigenvalue weighted by molar-refractivity contribution is -0.137. The van der Waals surface area contributed by atoms with Crippen molar-refractivity contribution in [1.82, 2.24) is 9.62 Å². The van der Waals surface area contributed by atoms with Gasteiger partial charge in [-0.25, -0.2) is 17.5 Å². The monoisotopic (exact) mass is 494 g/mol. The molecular formula is C25H26F4N2O2S. The standard InChI is InChI=1S/C25H26F4N2O2S/c1-31-22-23(31)24(22)12-15-11-21(26)16(13-30-34(32,33)18-6-3-7-18)10-19(15)20(24)9-14-4-2-5-17(8-14)25(27,28)29/h2,4-5,8,10-11,18,20,22-23,30H,3,6-7,9,12-13H2,1H3. The van der Waals surface area contributed by atoms with Crippen molar-refractivity contribution in [2.24, 2.45) is 5.41 Å². The van der Waals surface area contributed by atoms with Crippen LogP contribution in [-0.4, -0.2) is 37.7 Å². The zero-order valence-corrected chi connectivity index (χ0v) is 19.5. The van der Waals surface area contributed by atoms with Crippen LogP contribution in [0.5, 0.6) is 0 Å². The number of sulfonamides is 1.